The zero-order valence-corrected chi connectivity index (χ0v) is 12.2. The average Bonchev–Trinajstić information content (AvgIpc) is 2.40. The van der Waals surface area contributed by atoms with Crippen molar-refractivity contribution in [2.24, 2.45) is 5.92 Å². The van der Waals surface area contributed by atoms with E-state index in [-0.39, 0.29) is 18.6 Å². The van der Waals surface area contributed by atoms with E-state index >= 15 is 0 Å². The first-order valence-corrected chi connectivity index (χ1v) is 7.60. The van der Waals surface area contributed by atoms with Gasteiger partial charge in [0.15, 0.2) is 0 Å². The van der Waals surface area contributed by atoms with E-state index in [1.54, 1.807) is 4.90 Å². The molecule has 0 spiro atoms. The second-order valence-corrected chi connectivity index (χ2v) is 6.11. The van der Waals surface area contributed by atoms with E-state index < -0.39 is 6.43 Å². The summed E-state index contributed by atoms with van der Waals surface area (Å²) < 4.78 is 24.6. The van der Waals surface area contributed by atoms with E-state index in [1.165, 1.54) is 6.42 Å². The van der Waals surface area contributed by atoms with Crippen molar-refractivity contribution in [3.05, 3.63) is 0 Å². The summed E-state index contributed by atoms with van der Waals surface area (Å²) in [4.78, 5) is 15.8. The lowest BCUT2D eigenvalue weighted by Crippen LogP contribution is -2.51. The summed E-state index contributed by atoms with van der Waals surface area (Å²) >= 11 is 0. The molecule has 20 heavy (non-hydrogen) atoms. The SMILES string of the molecule is CC1CCCN(C(=O)NC2CCN(CC(F)F)CC2)C1. The number of nitrogens with one attached hydrogen (secondary N) is 1. The zero-order chi connectivity index (χ0) is 14.5. The number of piperidine rings is 2. The minimum absolute atomic E-state index is 0.0175. The Morgan fingerprint density at radius 3 is 2.55 bits per heavy atom. The number of hydrogen-bond donors (Lipinski definition) is 1. The van der Waals surface area contributed by atoms with Crippen molar-refractivity contribution in [3.8, 4) is 0 Å². The van der Waals surface area contributed by atoms with Crippen LogP contribution in [0.15, 0.2) is 0 Å². The minimum Gasteiger partial charge on any atom is -0.335 e. The highest BCUT2D eigenvalue weighted by atomic mass is 19.3. The molecule has 2 saturated heterocycles. The molecule has 0 aromatic heterocycles. The van der Waals surface area contributed by atoms with Gasteiger partial charge in [0.05, 0.1) is 6.54 Å². The largest absolute Gasteiger partial charge is 0.335 e. The van der Waals surface area contributed by atoms with Crippen LogP contribution >= 0.6 is 0 Å². The second-order valence-electron chi connectivity index (χ2n) is 6.11. The fraction of sp³-hybridized carbons (Fsp3) is 0.929. The molecule has 2 fully saturated rings. The van der Waals surface area contributed by atoms with Crippen molar-refractivity contribution >= 4 is 6.03 Å². The molecular weight excluding hydrogens is 264 g/mol. The molecule has 116 valence electrons. The van der Waals surface area contributed by atoms with E-state index in [1.807, 2.05) is 4.90 Å². The Hall–Kier alpha value is -0.910. The summed E-state index contributed by atoms with van der Waals surface area (Å²) in [5, 5.41) is 3.06. The van der Waals surface area contributed by atoms with E-state index in [9.17, 15) is 13.6 Å². The van der Waals surface area contributed by atoms with Crippen LogP contribution in [0.1, 0.15) is 32.6 Å². The molecule has 0 aliphatic carbocycles. The molecule has 0 bridgehead atoms. The highest BCUT2D eigenvalue weighted by Crippen LogP contribution is 2.17. The smallest absolute Gasteiger partial charge is 0.317 e. The lowest BCUT2D eigenvalue weighted by Gasteiger charge is -2.35. The molecular formula is C14H25F2N3O. The summed E-state index contributed by atoms with van der Waals surface area (Å²) in [6, 6.07) is 0.150. The highest BCUT2D eigenvalue weighted by Gasteiger charge is 2.26. The topological polar surface area (TPSA) is 35.6 Å². The van der Waals surface area contributed by atoms with E-state index in [2.05, 4.69) is 12.2 Å². The molecule has 0 aromatic carbocycles. The standard InChI is InChI=1S/C14H25F2N3O/c1-11-3-2-6-19(9-11)14(20)17-12-4-7-18(8-5-12)10-13(15)16/h11-13H,2-10H2,1H3,(H,17,20). The first kappa shape index (κ1) is 15.5. The average molecular weight is 289 g/mol. The second kappa shape index (κ2) is 7.20. The fourth-order valence-electron chi connectivity index (χ4n) is 3.09. The molecule has 2 amide bonds. The summed E-state index contributed by atoms with van der Waals surface area (Å²) in [5.74, 6) is 0.572. The molecule has 0 saturated carbocycles. The number of halogens is 2. The van der Waals surface area contributed by atoms with E-state index in [0.717, 1.165) is 32.4 Å². The van der Waals surface area contributed by atoms with Gasteiger partial charge in [-0.05, 0) is 31.6 Å². The summed E-state index contributed by atoms with van der Waals surface area (Å²) in [6.45, 7) is 4.97. The van der Waals surface area contributed by atoms with Crippen molar-refractivity contribution in [1.29, 1.82) is 0 Å². The number of nitrogens with zero attached hydrogens (tertiary/aromatic N) is 2. The quantitative estimate of drug-likeness (QED) is 0.864. The Morgan fingerprint density at radius 1 is 1.25 bits per heavy atom. The fourth-order valence-corrected chi connectivity index (χ4v) is 3.09. The monoisotopic (exact) mass is 289 g/mol. The lowest BCUT2D eigenvalue weighted by molar-refractivity contribution is 0.0727. The van der Waals surface area contributed by atoms with Crippen molar-refractivity contribution in [3.63, 3.8) is 0 Å². The molecule has 1 atom stereocenters. The molecule has 2 aliphatic heterocycles. The Kier molecular flexibility index (Phi) is 5.57. The number of hydrogen-bond acceptors (Lipinski definition) is 2. The molecule has 1 unspecified atom stereocenters. The van der Waals surface area contributed by atoms with Crippen LogP contribution in [0, 0.1) is 5.92 Å². The molecule has 1 N–H and O–H groups in total. The van der Waals surface area contributed by atoms with Crippen molar-refractivity contribution < 1.29 is 13.6 Å². The summed E-state index contributed by atoms with van der Waals surface area (Å²) in [6.07, 6.45) is 1.52. The number of carbonyl (C=O) groups excluding carboxylic acids is 1. The van der Waals surface area contributed by atoms with Gasteiger partial charge in [0, 0.05) is 32.2 Å². The number of urea groups is 1. The molecule has 6 heteroatoms. The first-order chi connectivity index (χ1) is 9.54. The van der Waals surface area contributed by atoms with Crippen LogP contribution in [0.3, 0.4) is 0 Å². The maximum absolute atomic E-state index is 12.3. The van der Waals surface area contributed by atoms with Gasteiger partial charge in [-0.1, -0.05) is 6.92 Å². The number of amides is 2. The van der Waals surface area contributed by atoms with Gasteiger partial charge in [-0.2, -0.15) is 0 Å². The normalized spacial score (nSPS) is 26.0. The van der Waals surface area contributed by atoms with Crippen molar-refractivity contribution in [2.75, 3.05) is 32.7 Å². The lowest BCUT2D eigenvalue weighted by atomic mass is 10.0. The third-order valence-electron chi connectivity index (χ3n) is 4.26. The van der Waals surface area contributed by atoms with Crippen LogP contribution in [-0.2, 0) is 0 Å². The van der Waals surface area contributed by atoms with Gasteiger partial charge >= 0.3 is 6.03 Å². The third-order valence-corrected chi connectivity index (χ3v) is 4.26. The maximum Gasteiger partial charge on any atom is 0.317 e. The van der Waals surface area contributed by atoms with Gasteiger partial charge in [0.25, 0.3) is 6.43 Å². The Labute approximate surface area is 119 Å². The van der Waals surface area contributed by atoms with Gasteiger partial charge < -0.3 is 10.2 Å². The molecule has 2 heterocycles. The highest BCUT2D eigenvalue weighted by molar-refractivity contribution is 5.74. The van der Waals surface area contributed by atoms with Gasteiger partial charge in [-0.3, -0.25) is 4.90 Å². The number of alkyl halides is 2. The van der Waals surface area contributed by atoms with Crippen LogP contribution in [-0.4, -0.2) is 61.0 Å². The molecule has 4 nitrogen and oxygen atoms in total. The Morgan fingerprint density at radius 2 is 1.95 bits per heavy atom. The molecule has 0 radical (unpaired) electrons. The third kappa shape index (κ3) is 4.58. The van der Waals surface area contributed by atoms with Gasteiger partial charge in [0.1, 0.15) is 0 Å². The van der Waals surface area contributed by atoms with Gasteiger partial charge in [-0.25, -0.2) is 13.6 Å². The number of rotatable bonds is 3. The van der Waals surface area contributed by atoms with Crippen molar-refractivity contribution in [1.82, 2.24) is 15.1 Å². The van der Waals surface area contributed by atoms with Crippen LogP contribution in [0.4, 0.5) is 13.6 Å². The Bertz CT molecular complexity index is 320. The molecule has 0 aromatic rings. The van der Waals surface area contributed by atoms with Crippen LogP contribution in [0.2, 0.25) is 0 Å². The van der Waals surface area contributed by atoms with Crippen molar-refractivity contribution in [2.45, 2.75) is 45.1 Å². The van der Waals surface area contributed by atoms with E-state index in [4.69, 9.17) is 0 Å². The van der Waals surface area contributed by atoms with Crippen LogP contribution in [0.25, 0.3) is 0 Å². The zero-order valence-electron chi connectivity index (χ0n) is 12.2. The minimum atomic E-state index is -2.27. The van der Waals surface area contributed by atoms with Crippen LogP contribution < -0.4 is 5.32 Å². The molecule has 2 rings (SSSR count). The molecule has 2 aliphatic rings. The first-order valence-electron chi connectivity index (χ1n) is 7.60. The van der Waals surface area contributed by atoms with E-state index in [0.29, 0.717) is 19.0 Å². The summed E-state index contributed by atoms with van der Waals surface area (Å²) in [7, 11) is 0. The maximum atomic E-state index is 12.3. The number of likely N-dealkylation sites (tertiary alicyclic amines) is 2. The van der Waals surface area contributed by atoms with Crippen LogP contribution in [0.5, 0.6) is 0 Å². The summed E-state index contributed by atoms with van der Waals surface area (Å²) in [5.41, 5.74) is 0. The number of carbonyl (C=O) groups is 1. The van der Waals surface area contributed by atoms with Gasteiger partial charge in [-0.15, -0.1) is 0 Å². The predicted octanol–water partition coefficient (Wildman–Crippen LogP) is 2.16. The Balaban J connectivity index is 1.70. The predicted molar refractivity (Wildman–Crippen MR) is 74.0 cm³/mol. The van der Waals surface area contributed by atoms with Gasteiger partial charge in [0.2, 0.25) is 0 Å².